The van der Waals surface area contributed by atoms with Crippen molar-refractivity contribution in [2.75, 3.05) is 13.7 Å². The van der Waals surface area contributed by atoms with Crippen LogP contribution in [-0.4, -0.2) is 29.6 Å². The largest absolute Gasteiger partial charge is 0.493 e. The Hall–Kier alpha value is -2.22. The smallest absolute Gasteiger partial charge is 0.282 e. The fraction of sp³-hybridized carbons (Fsp3) is 0.273. The van der Waals surface area contributed by atoms with Gasteiger partial charge >= 0.3 is 0 Å². The number of aryl methyl sites for hydroxylation is 1. The van der Waals surface area contributed by atoms with Gasteiger partial charge in [-0.15, -0.1) is 0 Å². The summed E-state index contributed by atoms with van der Waals surface area (Å²) in [4.78, 5) is 17.9. The van der Waals surface area contributed by atoms with Crippen LogP contribution in [0.1, 0.15) is 31.2 Å². The number of unbranched alkanes of at least 4 members (excludes halogenated alkanes) is 1. The second-order valence-corrected chi connectivity index (χ2v) is 9.23. The number of nitrogens with zero attached hydrogens (tertiary/aromatic N) is 4. The first-order valence-electron chi connectivity index (χ1n) is 9.72. The zero-order valence-electron chi connectivity index (χ0n) is 17.4. The average molecular weight is 627 g/mol. The number of benzene rings is 2. The van der Waals surface area contributed by atoms with Gasteiger partial charge in [-0.3, -0.25) is 4.79 Å². The number of hydrogen-bond acceptors (Lipinski definition) is 6. The van der Waals surface area contributed by atoms with Crippen molar-refractivity contribution in [3.05, 3.63) is 59.4 Å². The molecule has 0 fully saturated rings. The first kappa shape index (κ1) is 24.4. The molecular weight excluding hydrogens is 608 g/mol. The van der Waals surface area contributed by atoms with Gasteiger partial charge in [-0.2, -0.15) is 15.0 Å². The van der Waals surface area contributed by atoms with E-state index in [1.807, 2.05) is 18.2 Å². The molecular formula is C22H19Br3N4O3. The maximum Gasteiger partial charge on any atom is 0.282 e. The number of aromatic nitrogens is 2. The minimum absolute atomic E-state index is 0.122. The van der Waals surface area contributed by atoms with Crippen molar-refractivity contribution in [3.8, 4) is 17.6 Å². The standard InChI is InChI=1S/C22H19Br3N4O3/c1-3-4-5-18-28-16-7-6-14(23)11-15(16)22(30)29(18)27-12-13-10-17(31-2)21(32-9-8-26)20(25)19(13)24/h6-7,10-12H,3-5,9H2,1-2H3. The monoisotopic (exact) mass is 624 g/mol. The van der Waals surface area contributed by atoms with Crippen molar-refractivity contribution >= 4 is 64.9 Å². The van der Waals surface area contributed by atoms with Crippen molar-refractivity contribution in [1.29, 1.82) is 5.26 Å². The van der Waals surface area contributed by atoms with Gasteiger partial charge in [0.15, 0.2) is 18.1 Å². The van der Waals surface area contributed by atoms with Crippen LogP contribution in [-0.2, 0) is 6.42 Å². The molecule has 1 aromatic heterocycles. The summed E-state index contributed by atoms with van der Waals surface area (Å²) in [7, 11) is 1.51. The molecule has 0 aliphatic rings. The zero-order valence-corrected chi connectivity index (χ0v) is 22.1. The van der Waals surface area contributed by atoms with Crippen LogP contribution in [0.2, 0.25) is 0 Å². The Morgan fingerprint density at radius 2 is 2.03 bits per heavy atom. The number of nitriles is 1. The fourth-order valence-corrected chi connectivity index (χ4v) is 4.32. The van der Waals surface area contributed by atoms with Crippen molar-refractivity contribution in [1.82, 2.24) is 9.66 Å². The summed E-state index contributed by atoms with van der Waals surface area (Å²) in [6, 6.07) is 9.08. The van der Waals surface area contributed by atoms with E-state index in [1.165, 1.54) is 11.8 Å². The van der Waals surface area contributed by atoms with Gasteiger partial charge in [0, 0.05) is 20.9 Å². The van der Waals surface area contributed by atoms with Gasteiger partial charge in [-0.25, -0.2) is 4.98 Å². The van der Waals surface area contributed by atoms with Gasteiger partial charge in [0.1, 0.15) is 11.9 Å². The van der Waals surface area contributed by atoms with Crippen LogP contribution < -0.4 is 15.0 Å². The Morgan fingerprint density at radius 1 is 1.25 bits per heavy atom. The topological polar surface area (TPSA) is 89.5 Å². The molecule has 0 aliphatic heterocycles. The van der Waals surface area contributed by atoms with Gasteiger partial charge in [0.05, 0.1) is 28.7 Å². The van der Waals surface area contributed by atoms with Gasteiger partial charge < -0.3 is 9.47 Å². The lowest BCUT2D eigenvalue weighted by molar-refractivity contribution is 0.327. The Morgan fingerprint density at radius 3 is 2.72 bits per heavy atom. The van der Waals surface area contributed by atoms with Crippen LogP contribution in [0.15, 0.2) is 47.6 Å². The summed E-state index contributed by atoms with van der Waals surface area (Å²) < 4.78 is 14.2. The first-order chi connectivity index (χ1) is 15.4. The summed E-state index contributed by atoms with van der Waals surface area (Å²) in [5, 5.41) is 13.8. The van der Waals surface area contributed by atoms with E-state index in [9.17, 15) is 4.79 Å². The SMILES string of the molecule is CCCCc1nc2ccc(Br)cc2c(=O)n1N=Cc1cc(OC)c(OCC#N)c(Br)c1Br. The molecule has 166 valence electrons. The number of ether oxygens (including phenoxy) is 2. The van der Waals surface area contributed by atoms with E-state index in [1.54, 1.807) is 18.3 Å². The van der Waals surface area contributed by atoms with E-state index < -0.39 is 0 Å². The highest BCUT2D eigenvalue weighted by atomic mass is 79.9. The Labute approximate surface area is 210 Å². The van der Waals surface area contributed by atoms with Gasteiger partial charge in [-0.1, -0.05) is 29.3 Å². The molecule has 7 nitrogen and oxygen atoms in total. The normalized spacial score (nSPS) is 11.1. The summed E-state index contributed by atoms with van der Waals surface area (Å²) in [5.74, 6) is 1.42. The highest BCUT2D eigenvalue weighted by Gasteiger charge is 2.17. The maximum atomic E-state index is 13.2. The number of hydrogen-bond donors (Lipinski definition) is 0. The third kappa shape index (κ3) is 5.22. The molecule has 0 unspecified atom stereocenters. The number of methoxy groups -OCH3 is 1. The third-order valence-electron chi connectivity index (χ3n) is 4.60. The molecule has 10 heteroatoms. The van der Waals surface area contributed by atoms with E-state index >= 15 is 0 Å². The van der Waals surface area contributed by atoms with Crippen molar-refractivity contribution in [3.63, 3.8) is 0 Å². The number of rotatable bonds is 8. The molecule has 1 heterocycles. The van der Waals surface area contributed by atoms with Crippen LogP contribution in [0.25, 0.3) is 10.9 Å². The molecule has 3 rings (SSSR count). The van der Waals surface area contributed by atoms with Gasteiger partial charge in [0.2, 0.25) is 0 Å². The van der Waals surface area contributed by atoms with Crippen LogP contribution in [0.3, 0.4) is 0 Å². The van der Waals surface area contributed by atoms with Crippen LogP contribution >= 0.6 is 47.8 Å². The second-order valence-electron chi connectivity index (χ2n) is 6.73. The quantitative estimate of drug-likeness (QED) is 0.294. The lowest BCUT2D eigenvalue weighted by atomic mass is 10.2. The molecule has 2 aromatic carbocycles. The predicted octanol–water partition coefficient (Wildman–Crippen LogP) is 5.82. The van der Waals surface area contributed by atoms with E-state index in [0.29, 0.717) is 49.2 Å². The van der Waals surface area contributed by atoms with E-state index in [2.05, 4.69) is 64.8 Å². The predicted molar refractivity (Wildman–Crippen MR) is 135 cm³/mol. The minimum Gasteiger partial charge on any atom is -0.493 e. The molecule has 3 aromatic rings. The lowest BCUT2D eigenvalue weighted by Gasteiger charge is -2.14. The van der Waals surface area contributed by atoms with Gasteiger partial charge in [-0.05, 0) is 62.5 Å². The molecule has 0 saturated heterocycles. The summed E-state index contributed by atoms with van der Waals surface area (Å²) in [5.41, 5.74) is 1.05. The molecule has 32 heavy (non-hydrogen) atoms. The maximum absolute atomic E-state index is 13.2. The third-order valence-corrected chi connectivity index (χ3v) is 7.23. The van der Waals surface area contributed by atoms with Crippen molar-refractivity contribution in [2.45, 2.75) is 26.2 Å². The Bertz CT molecular complexity index is 1280. The molecule has 0 bridgehead atoms. The number of halogens is 3. The molecule has 0 saturated carbocycles. The van der Waals surface area contributed by atoms with Crippen LogP contribution in [0, 0.1) is 11.3 Å². The fourth-order valence-electron chi connectivity index (χ4n) is 3.02. The van der Waals surface area contributed by atoms with Gasteiger partial charge in [0.25, 0.3) is 5.56 Å². The second kappa shape index (κ2) is 11.1. The van der Waals surface area contributed by atoms with E-state index in [-0.39, 0.29) is 12.2 Å². The van der Waals surface area contributed by atoms with Crippen LogP contribution in [0.4, 0.5) is 0 Å². The van der Waals surface area contributed by atoms with Crippen LogP contribution in [0.5, 0.6) is 11.5 Å². The molecule has 0 amide bonds. The molecule has 0 atom stereocenters. The lowest BCUT2D eigenvalue weighted by Crippen LogP contribution is -2.22. The average Bonchev–Trinajstić information content (AvgIpc) is 2.79. The summed E-state index contributed by atoms with van der Waals surface area (Å²) in [6.07, 6.45) is 4.05. The molecule has 0 aliphatic carbocycles. The molecule has 0 radical (unpaired) electrons. The van der Waals surface area contributed by atoms with E-state index in [4.69, 9.17) is 14.7 Å². The summed E-state index contributed by atoms with van der Waals surface area (Å²) >= 11 is 10.4. The van der Waals surface area contributed by atoms with E-state index in [0.717, 1.165) is 17.3 Å². The Kier molecular flexibility index (Phi) is 8.45. The number of fused-ring (bicyclic) bond motifs is 1. The molecule has 0 spiro atoms. The zero-order chi connectivity index (χ0) is 23.3. The highest BCUT2D eigenvalue weighted by molar-refractivity contribution is 9.13. The minimum atomic E-state index is -0.241. The van der Waals surface area contributed by atoms with Crippen molar-refractivity contribution < 1.29 is 9.47 Å². The summed E-state index contributed by atoms with van der Waals surface area (Å²) in [6.45, 7) is 1.96. The van der Waals surface area contributed by atoms with Crippen molar-refractivity contribution in [2.24, 2.45) is 5.10 Å². The highest BCUT2D eigenvalue weighted by Crippen LogP contribution is 2.42. The molecule has 0 N–H and O–H groups in total. The Balaban J connectivity index is 2.13. The first-order valence-corrected chi connectivity index (χ1v) is 12.1.